The highest BCUT2D eigenvalue weighted by Crippen LogP contribution is 2.28. The summed E-state index contributed by atoms with van der Waals surface area (Å²) in [5.74, 6) is -0.180. The Labute approximate surface area is 115 Å². The van der Waals surface area contributed by atoms with Crippen molar-refractivity contribution in [3.05, 3.63) is 58.5 Å². The van der Waals surface area contributed by atoms with Crippen LogP contribution in [0.1, 0.15) is 39.1 Å². The van der Waals surface area contributed by atoms with E-state index in [2.05, 4.69) is 4.74 Å². The van der Waals surface area contributed by atoms with E-state index in [9.17, 15) is 9.90 Å². The Bertz CT molecular complexity index is 643. The van der Waals surface area contributed by atoms with Gasteiger partial charge in [-0.1, -0.05) is 18.2 Å². The molecule has 0 spiro atoms. The molecule has 1 aromatic heterocycles. The molecule has 20 heavy (non-hydrogen) atoms. The number of hydrogen-bond acceptors (Lipinski definition) is 5. The normalized spacial score (nSPS) is 14.9. The van der Waals surface area contributed by atoms with Crippen molar-refractivity contribution >= 4 is 5.97 Å². The Morgan fingerprint density at radius 1 is 1.25 bits per heavy atom. The van der Waals surface area contributed by atoms with Gasteiger partial charge < -0.3 is 19.0 Å². The number of furan rings is 1. The molecule has 1 N–H and O–H groups in total. The molecule has 1 unspecified atom stereocenters. The summed E-state index contributed by atoms with van der Waals surface area (Å²) in [6, 6.07) is 8.72. The van der Waals surface area contributed by atoms with Gasteiger partial charge in [0.25, 0.3) is 0 Å². The first kappa shape index (κ1) is 12.9. The van der Waals surface area contributed by atoms with E-state index in [4.69, 9.17) is 9.15 Å². The van der Waals surface area contributed by atoms with Gasteiger partial charge in [0.15, 0.2) is 0 Å². The van der Waals surface area contributed by atoms with Crippen molar-refractivity contribution in [2.45, 2.75) is 19.3 Å². The molecule has 0 amide bonds. The Morgan fingerprint density at radius 2 is 2.05 bits per heavy atom. The highest BCUT2D eigenvalue weighted by molar-refractivity contribution is 5.86. The van der Waals surface area contributed by atoms with Crippen LogP contribution in [0, 0.1) is 0 Å². The van der Waals surface area contributed by atoms with E-state index >= 15 is 0 Å². The summed E-state index contributed by atoms with van der Waals surface area (Å²) in [5.41, 5.74) is 2.91. The molecule has 0 saturated carbocycles. The molecular weight excluding hydrogens is 260 g/mol. The van der Waals surface area contributed by atoms with Gasteiger partial charge in [0.05, 0.1) is 20.3 Å². The smallest absolute Gasteiger partial charge is 0.373 e. The first-order valence-corrected chi connectivity index (χ1v) is 6.24. The standard InChI is InChI=1S/C15H14O5/c1-18-15(17)13-5-4-12(20-13)14(16)9-2-3-10-7-19-8-11(10)6-9/h2-6,14,16H,7-8H2,1H3. The minimum Gasteiger partial charge on any atom is -0.463 e. The molecule has 0 aliphatic carbocycles. The monoisotopic (exact) mass is 274 g/mol. The first-order chi connectivity index (χ1) is 9.69. The summed E-state index contributed by atoms with van der Waals surface area (Å²) in [7, 11) is 1.28. The molecule has 1 atom stereocenters. The molecule has 2 aromatic rings. The zero-order valence-corrected chi connectivity index (χ0v) is 11.0. The topological polar surface area (TPSA) is 68.9 Å². The van der Waals surface area contributed by atoms with Crippen LogP contribution in [-0.4, -0.2) is 18.2 Å². The molecule has 0 fully saturated rings. The number of aliphatic hydroxyl groups excluding tert-OH is 1. The van der Waals surface area contributed by atoms with Crippen molar-refractivity contribution in [3.8, 4) is 0 Å². The second-order valence-corrected chi connectivity index (χ2v) is 4.62. The van der Waals surface area contributed by atoms with Gasteiger partial charge in [0, 0.05) is 0 Å². The minimum atomic E-state index is -0.917. The third-order valence-corrected chi connectivity index (χ3v) is 3.34. The Balaban J connectivity index is 1.86. The fourth-order valence-corrected chi connectivity index (χ4v) is 2.24. The second kappa shape index (κ2) is 5.11. The van der Waals surface area contributed by atoms with Crippen LogP contribution in [0.5, 0.6) is 0 Å². The third-order valence-electron chi connectivity index (χ3n) is 3.34. The number of ether oxygens (including phenoxy) is 2. The number of hydrogen-bond donors (Lipinski definition) is 1. The molecule has 1 aliphatic rings. The molecule has 5 nitrogen and oxygen atoms in total. The van der Waals surface area contributed by atoms with Crippen LogP contribution in [-0.2, 0) is 22.7 Å². The van der Waals surface area contributed by atoms with E-state index in [-0.39, 0.29) is 5.76 Å². The molecule has 1 aliphatic heterocycles. The van der Waals surface area contributed by atoms with E-state index < -0.39 is 12.1 Å². The highest BCUT2D eigenvalue weighted by Gasteiger charge is 2.20. The predicted octanol–water partition coefficient (Wildman–Crippen LogP) is 2.18. The van der Waals surface area contributed by atoms with Gasteiger partial charge in [-0.15, -0.1) is 0 Å². The zero-order valence-electron chi connectivity index (χ0n) is 11.0. The number of benzene rings is 1. The van der Waals surface area contributed by atoms with Gasteiger partial charge in [-0.05, 0) is 28.8 Å². The van der Waals surface area contributed by atoms with Crippen molar-refractivity contribution in [2.24, 2.45) is 0 Å². The maximum Gasteiger partial charge on any atom is 0.373 e. The van der Waals surface area contributed by atoms with E-state index in [1.165, 1.54) is 13.2 Å². The molecule has 5 heteroatoms. The minimum absolute atomic E-state index is 0.0750. The highest BCUT2D eigenvalue weighted by atomic mass is 16.5. The molecule has 104 valence electrons. The molecule has 0 saturated heterocycles. The van der Waals surface area contributed by atoms with Crippen LogP contribution in [0.4, 0.5) is 0 Å². The van der Waals surface area contributed by atoms with Crippen molar-refractivity contribution in [1.82, 2.24) is 0 Å². The Morgan fingerprint density at radius 3 is 2.85 bits per heavy atom. The Kier molecular flexibility index (Phi) is 3.30. The van der Waals surface area contributed by atoms with Crippen molar-refractivity contribution < 1.29 is 23.8 Å². The average Bonchev–Trinajstić information content (AvgIpc) is 3.13. The summed E-state index contributed by atoms with van der Waals surface area (Å²) >= 11 is 0. The van der Waals surface area contributed by atoms with E-state index in [0.29, 0.717) is 24.5 Å². The van der Waals surface area contributed by atoms with Crippen LogP contribution >= 0.6 is 0 Å². The molecule has 3 rings (SSSR count). The summed E-state index contributed by atoms with van der Waals surface area (Å²) in [5, 5.41) is 10.3. The lowest BCUT2D eigenvalue weighted by Crippen LogP contribution is -2.01. The lowest BCUT2D eigenvalue weighted by Gasteiger charge is -2.09. The van der Waals surface area contributed by atoms with Crippen LogP contribution in [0.25, 0.3) is 0 Å². The fourth-order valence-electron chi connectivity index (χ4n) is 2.24. The number of methoxy groups -OCH3 is 1. The van der Waals surface area contributed by atoms with Crippen molar-refractivity contribution in [1.29, 1.82) is 0 Å². The van der Waals surface area contributed by atoms with Gasteiger partial charge >= 0.3 is 5.97 Å². The van der Waals surface area contributed by atoms with Gasteiger partial charge in [0.2, 0.25) is 5.76 Å². The summed E-state index contributed by atoms with van der Waals surface area (Å²) in [6.45, 7) is 1.17. The van der Waals surface area contributed by atoms with Gasteiger partial charge in [0.1, 0.15) is 11.9 Å². The number of carbonyl (C=O) groups is 1. The van der Waals surface area contributed by atoms with Crippen LogP contribution in [0.3, 0.4) is 0 Å². The third kappa shape index (κ3) is 2.21. The Hall–Kier alpha value is -2.11. The number of fused-ring (bicyclic) bond motifs is 1. The molecular formula is C15H14O5. The fraction of sp³-hybridized carbons (Fsp3) is 0.267. The SMILES string of the molecule is COC(=O)c1ccc(C(O)c2ccc3c(c2)COC3)o1. The van der Waals surface area contributed by atoms with Gasteiger partial charge in [-0.25, -0.2) is 4.79 Å². The van der Waals surface area contributed by atoms with E-state index in [1.807, 2.05) is 18.2 Å². The first-order valence-electron chi connectivity index (χ1n) is 6.24. The maximum atomic E-state index is 11.3. The number of carbonyl (C=O) groups excluding carboxylic acids is 1. The van der Waals surface area contributed by atoms with Crippen LogP contribution < -0.4 is 0 Å². The van der Waals surface area contributed by atoms with Crippen molar-refractivity contribution in [3.63, 3.8) is 0 Å². The number of rotatable bonds is 3. The lowest BCUT2D eigenvalue weighted by atomic mass is 10.0. The number of aliphatic hydroxyl groups is 1. The quantitative estimate of drug-likeness (QED) is 0.869. The molecule has 0 bridgehead atoms. The van der Waals surface area contributed by atoms with Crippen molar-refractivity contribution in [2.75, 3.05) is 7.11 Å². The maximum absolute atomic E-state index is 11.3. The summed E-state index contributed by atoms with van der Waals surface area (Å²) in [4.78, 5) is 11.3. The van der Waals surface area contributed by atoms with Gasteiger partial charge in [-0.3, -0.25) is 0 Å². The molecule has 2 heterocycles. The molecule has 1 aromatic carbocycles. The van der Waals surface area contributed by atoms with E-state index in [0.717, 1.165) is 11.1 Å². The predicted molar refractivity (Wildman–Crippen MR) is 69.0 cm³/mol. The molecule has 0 radical (unpaired) electrons. The average molecular weight is 274 g/mol. The largest absolute Gasteiger partial charge is 0.463 e. The van der Waals surface area contributed by atoms with E-state index in [1.54, 1.807) is 6.07 Å². The summed E-state index contributed by atoms with van der Waals surface area (Å²) < 4.78 is 15.2. The zero-order chi connectivity index (χ0) is 14.1. The second-order valence-electron chi connectivity index (χ2n) is 4.62. The lowest BCUT2D eigenvalue weighted by molar-refractivity contribution is 0.0558. The van der Waals surface area contributed by atoms with Crippen LogP contribution in [0.15, 0.2) is 34.7 Å². The number of esters is 1. The summed E-state index contributed by atoms with van der Waals surface area (Å²) in [6.07, 6.45) is -0.917. The van der Waals surface area contributed by atoms with Gasteiger partial charge in [-0.2, -0.15) is 0 Å². The van der Waals surface area contributed by atoms with Crippen LogP contribution in [0.2, 0.25) is 0 Å².